The van der Waals surface area contributed by atoms with Gasteiger partial charge in [0.05, 0.1) is 21.0 Å². The fourth-order valence-electron chi connectivity index (χ4n) is 1.39. The number of benzene rings is 1. The topological polar surface area (TPSA) is 58.2 Å². The molecule has 114 valence electrons. The van der Waals surface area contributed by atoms with Crippen molar-refractivity contribution in [1.29, 1.82) is 0 Å². The van der Waals surface area contributed by atoms with Crippen molar-refractivity contribution in [3.63, 3.8) is 0 Å². The Labute approximate surface area is 138 Å². The van der Waals surface area contributed by atoms with E-state index in [0.717, 1.165) is 0 Å². The maximum Gasteiger partial charge on any atom is 0.236 e. The van der Waals surface area contributed by atoms with Gasteiger partial charge in [0, 0.05) is 17.1 Å². The van der Waals surface area contributed by atoms with Gasteiger partial charge in [-0.25, -0.2) is 8.42 Å². The van der Waals surface area contributed by atoms with E-state index in [0.29, 0.717) is 11.0 Å². The van der Waals surface area contributed by atoms with Gasteiger partial charge in [-0.3, -0.25) is 4.72 Å². The number of sulfonamides is 1. The minimum absolute atomic E-state index is 0.202. The normalized spacial score (nSPS) is 13.6. The summed E-state index contributed by atoms with van der Waals surface area (Å²) in [7, 11) is -3.56. The van der Waals surface area contributed by atoms with Gasteiger partial charge in [-0.15, -0.1) is 0 Å². The minimum Gasteiger partial charge on any atom is -0.313 e. The van der Waals surface area contributed by atoms with Gasteiger partial charge in [0.2, 0.25) is 10.0 Å². The van der Waals surface area contributed by atoms with E-state index in [-0.39, 0.29) is 21.8 Å². The molecule has 2 N–H and O–H groups in total. The molecule has 1 rings (SSSR count). The zero-order chi connectivity index (χ0) is 15.5. The summed E-state index contributed by atoms with van der Waals surface area (Å²) < 4.78 is 27.6. The van der Waals surface area contributed by atoms with Crippen molar-refractivity contribution < 1.29 is 8.42 Å². The van der Waals surface area contributed by atoms with Crippen molar-refractivity contribution in [3.8, 4) is 0 Å². The Kier molecular flexibility index (Phi) is 6.60. The second kappa shape index (κ2) is 7.31. The molecule has 0 fully saturated rings. The Hall–Kier alpha value is -0.0100. The molecule has 0 aliphatic carbocycles. The molecule has 0 amide bonds. The van der Waals surface area contributed by atoms with Crippen LogP contribution in [0.3, 0.4) is 0 Å². The van der Waals surface area contributed by atoms with Crippen LogP contribution in [0.15, 0.2) is 16.6 Å². The second-order valence-electron chi connectivity index (χ2n) is 4.77. The standard InChI is InChI=1S/C12H17BrCl2N2O2S/c1-7(2)16-6-8(3)20(18,19)17-12-10(14)4-9(13)5-11(12)15/h4-5,7-8,16-17H,6H2,1-3H3. The molecule has 0 aromatic heterocycles. The lowest BCUT2D eigenvalue weighted by Gasteiger charge is -2.18. The monoisotopic (exact) mass is 402 g/mol. The molecule has 8 heteroatoms. The Balaban J connectivity index is 2.91. The van der Waals surface area contributed by atoms with Crippen molar-refractivity contribution >= 4 is 54.8 Å². The summed E-state index contributed by atoms with van der Waals surface area (Å²) in [5, 5.41) is 2.97. The predicted molar refractivity (Wildman–Crippen MR) is 89.3 cm³/mol. The van der Waals surface area contributed by atoms with Gasteiger partial charge >= 0.3 is 0 Å². The van der Waals surface area contributed by atoms with Gasteiger partial charge in [-0.05, 0) is 19.1 Å². The number of rotatable bonds is 6. The number of anilines is 1. The summed E-state index contributed by atoms with van der Waals surface area (Å²) in [6, 6.07) is 3.39. The van der Waals surface area contributed by atoms with Crippen LogP contribution >= 0.6 is 39.1 Å². The maximum atomic E-state index is 12.2. The smallest absolute Gasteiger partial charge is 0.236 e. The minimum atomic E-state index is -3.56. The summed E-state index contributed by atoms with van der Waals surface area (Å²) >= 11 is 15.3. The molecule has 0 aliphatic rings. The molecule has 0 saturated carbocycles. The van der Waals surface area contributed by atoms with Gasteiger partial charge in [-0.1, -0.05) is 53.0 Å². The Morgan fingerprint density at radius 1 is 1.20 bits per heavy atom. The summed E-state index contributed by atoms with van der Waals surface area (Å²) in [5.41, 5.74) is 0.202. The van der Waals surface area contributed by atoms with Crippen molar-refractivity contribution in [1.82, 2.24) is 5.32 Å². The predicted octanol–water partition coefficient (Wildman–Crippen LogP) is 3.88. The van der Waals surface area contributed by atoms with Crippen LogP contribution in [0.25, 0.3) is 0 Å². The van der Waals surface area contributed by atoms with E-state index in [4.69, 9.17) is 23.2 Å². The van der Waals surface area contributed by atoms with Crippen LogP contribution in [0, 0.1) is 0 Å². The fraction of sp³-hybridized carbons (Fsp3) is 0.500. The van der Waals surface area contributed by atoms with Crippen LogP contribution in [-0.4, -0.2) is 26.3 Å². The zero-order valence-corrected chi connectivity index (χ0v) is 15.3. The lowest BCUT2D eigenvalue weighted by atomic mass is 10.3. The summed E-state index contributed by atoms with van der Waals surface area (Å²) in [6.07, 6.45) is 0. The van der Waals surface area contributed by atoms with Crippen molar-refractivity contribution in [3.05, 3.63) is 26.7 Å². The highest BCUT2D eigenvalue weighted by Crippen LogP contribution is 2.34. The zero-order valence-electron chi connectivity index (χ0n) is 11.4. The van der Waals surface area contributed by atoms with Gasteiger partial charge in [0.25, 0.3) is 0 Å². The number of nitrogens with one attached hydrogen (secondary N) is 2. The van der Waals surface area contributed by atoms with Crippen LogP contribution in [0.5, 0.6) is 0 Å². The first-order valence-electron chi connectivity index (χ1n) is 6.03. The lowest BCUT2D eigenvalue weighted by Crippen LogP contribution is -2.37. The van der Waals surface area contributed by atoms with Crippen molar-refractivity contribution in [2.45, 2.75) is 32.1 Å². The van der Waals surface area contributed by atoms with Crippen LogP contribution in [0.1, 0.15) is 20.8 Å². The SMILES string of the molecule is CC(C)NCC(C)S(=O)(=O)Nc1c(Cl)cc(Br)cc1Cl. The average Bonchev–Trinajstić information content (AvgIpc) is 2.30. The molecule has 1 unspecified atom stereocenters. The third kappa shape index (κ3) is 5.07. The second-order valence-corrected chi connectivity index (χ2v) is 8.59. The summed E-state index contributed by atoms with van der Waals surface area (Å²) in [5.74, 6) is 0. The highest BCUT2D eigenvalue weighted by Gasteiger charge is 2.23. The molecule has 0 saturated heterocycles. The van der Waals surface area contributed by atoms with E-state index in [1.165, 1.54) is 0 Å². The molecule has 1 atom stereocenters. The Bertz CT molecular complexity index is 556. The summed E-state index contributed by atoms with van der Waals surface area (Å²) in [4.78, 5) is 0. The molecule has 0 heterocycles. The van der Waals surface area contributed by atoms with Crippen LogP contribution in [0.4, 0.5) is 5.69 Å². The molecular formula is C12H17BrCl2N2O2S. The molecule has 0 bridgehead atoms. The summed E-state index contributed by atoms with van der Waals surface area (Å²) in [6.45, 7) is 5.88. The van der Waals surface area contributed by atoms with Crippen molar-refractivity contribution in [2.24, 2.45) is 0 Å². The largest absolute Gasteiger partial charge is 0.313 e. The first-order chi connectivity index (χ1) is 9.13. The maximum absolute atomic E-state index is 12.2. The number of hydrogen-bond acceptors (Lipinski definition) is 3. The van der Waals surface area contributed by atoms with E-state index in [1.54, 1.807) is 19.1 Å². The van der Waals surface area contributed by atoms with E-state index >= 15 is 0 Å². The number of halogens is 3. The van der Waals surface area contributed by atoms with E-state index < -0.39 is 15.3 Å². The average molecular weight is 404 g/mol. The molecule has 0 radical (unpaired) electrons. The molecule has 0 spiro atoms. The first kappa shape index (κ1) is 18.0. The Morgan fingerprint density at radius 2 is 1.70 bits per heavy atom. The lowest BCUT2D eigenvalue weighted by molar-refractivity contribution is 0.553. The quantitative estimate of drug-likeness (QED) is 0.757. The fourth-order valence-corrected chi connectivity index (χ4v) is 3.83. The van der Waals surface area contributed by atoms with Gasteiger partial charge < -0.3 is 5.32 Å². The number of hydrogen-bond donors (Lipinski definition) is 2. The Morgan fingerprint density at radius 3 is 2.15 bits per heavy atom. The van der Waals surface area contributed by atoms with Gasteiger partial charge in [0.1, 0.15) is 0 Å². The van der Waals surface area contributed by atoms with Crippen molar-refractivity contribution in [2.75, 3.05) is 11.3 Å². The highest BCUT2D eigenvalue weighted by atomic mass is 79.9. The molecule has 1 aromatic carbocycles. The van der Waals surface area contributed by atoms with E-state index in [1.807, 2.05) is 13.8 Å². The molecule has 1 aromatic rings. The molecular weight excluding hydrogens is 387 g/mol. The third-order valence-electron chi connectivity index (χ3n) is 2.59. The first-order valence-corrected chi connectivity index (χ1v) is 9.12. The molecule has 20 heavy (non-hydrogen) atoms. The van der Waals surface area contributed by atoms with E-state index in [2.05, 4.69) is 26.0 Å². The van der Waals surface area contributed by atoms with E-state index in [9.17, 15) is 8.42 Å². The van der Waals surface area contributed by atoms with Crippen LogP contribution in [0.2, 0.25) is 10.0 Å². The molecule has 0 aliphatic heterocycles. The highest BCUT2D eigenvalue weighted by molar-refractivity contribution is 9.10. The third-order valence-corrected chi connectivity index (χ3v) is 5.36. The van der Waals surface area contributed by atoms with Crippen LogP contribution < -0.4 is 10.0 Å². The van der Waals surface area contributed by atoms with Gasteiger partial charge in [-0.2, -0.15) is 0 Å². The van der Waals surface area contributed by atoms with Gasteiger partial charge in [0.15, 0.2) is 0 Å². The molecule has 4 nitrogen and oxygen atoms in total. The van der Waals surface area contributed by atoms with Crippen LogP contribution in [-0.2, 0) is 10.0 Å².